The molecule has 0 saturated carbocycles. The van der Waals surface area contributed by atoms with Gasteiger partial charge in [0.2, 0.25) is 5.91 Å². The summed E-state index contributed by atoms with van der Waals surface area (Å²) in [6.07, 6.45) is 0.261. The minimum absolute atomic E-state index is 0.0422. The number of amides is 1. The van der Waals surface area contributed by atoms with Crippen LogP contribution in [0.5, 0.6) is 0 Å². The minimum Gasteiger partial charge on any atom is -0.310 e. The van der Waals surface area contributed by atoms with Gasteiger partial charge < -0.3 is 4.90 Å². The molecular weight excluding hydrogens is 304 g/mol. The number of thioether (sulfide) groups is 1. The Bertz CT molecular complexity index is 593. The molecule has 1 unspecified atom stereocenters. The second kappa shape index (κ2) is 5.80. The Morgan fingerprint density at radius 2 is 2.25 bits per heavy atom. The first-order chi connectivity index (χ1) is 9.38. The lowest BCUT2D eigenvalue weighted by Gasteiger charge is -2.17. The molecule has 0 bridgehead atoms. The SMILES string of the molecule is CC(=O)SC1CC(=O)N(c2ccc([N+](=O)[O-])cc2Cl)C1. The lowest BCUT2D eigenvalue weighted by molar-refractivity contribution is -0.384. The van der Waals surface area contributed by atoms with Gasteiger partial charge in [-0.1, -0.05) is 23.4 Å². The molecule has 1 aromatic carbocycles. The number of hydrogen-bond donors (Lipinski definition) is 0. The normalized spacial score (nSPS) is 18.4. The van der Waals surface area contributed by atoms with Crippen molar-refractivity contribution in [2.45, 2.75) is 18.6 Å². The summed E-state index contributed by atoms with van der Waals surface area (Å²) in [5, 5.41) is 10.7. The molecule has 8 heteroatoms. The quantitative estimate of drug-likeness (QED) is 0.633. The lowest BCUT2D eigenvalue weighted by atomic mass is 10.2. The summed E-state index contributed by atoms with van der Waals surface area (Å²) < 4.78 is 0. The molecule has 6 nitrogen and oxygen atoms in total. The highest BCUT2D eigenvalue weighted by molar-refractivity contribution is 8.14. The molecule has 0 spiro atoms. The van der Waals surface area contributed by atoms with Gasteiger partial charge >= 0.3 is 0 Å². The number of nitro groups is 1. The number of anilines is 1. The number of halogens is 1. The van der Waals surface area contributed by atoms with Crippen molar-refractivity contribution in [2.24, 2.45) is 0 Å². The molecule has 2 rings (SSSR count). The van der Waals surface area contributed by atoms with Crippen molar-refractivity contribution in [1.82, 2.24) is 0 Å². The van der Waals surface area contributed by atoms with E-state index in [2.05, 4.69) is 0 Å². The molecule has 0 N–H and O–H groups in total. The lowest BCUT2D eigenvalue weighted by Crippen LogP contribution is -2.25. The summed E-state index contributed by atoms with van der Waals surface area (Å²) in [5.41, 5.74) is 0.314. The predicted molar refractivity (Wildman–Crippen MR) is 77.1 cm³/mol. The Hall–Kier alpha value is -1.60. The van der Waals surface area contributed by atoms with Crippen LogP contribution in [0.15, 0.2) is 18.2 Å². The fraction of sp³-hybridized carbons (Fsp3) is 0.333. The highest BCUT2D eigenvalue weighted by Gasteiger charge is 2.33. The smallest absolute Gasteiger partial charge is 0.271 e. The maximum absolute atomic E-state index is 11.9. The molecule has 0 radical (unpaired) electrons. The number of benzene rings is 1. The van der Waals surface area contributed by atoms with Gasteiger partial charge in [-0.05, 0) is 6.07 Å². The van der Waals surface area contributed by atoms with E-state index in [0.29, 0.717) is 12.2 Å². The number of hydrogen-bond acceptors (Lipinski definition) is 5. The topological polar surface area (TPSA) is 80.5 Å². The Labute approximate surface area is 124 Å². The number of non-ortho nitro benzene ring substituents is 1. The Morgan fingerprint density at radius 1 is 1.55 bits per heavy atom. The first-order valence-corrected chi connectivity index (χ1v) is 7.05. The maximum atomic E-state index is 11.9. The van der Waals surface area contributed by atoms with Crippen molar-refractivity contribution >= 4 is 45.8 Å². The van der Waals surface area contributed by atoms with Crippen LogP contribution in [0.4, 0.5) is 11.4 Å². The number of nitro benzene ring substituents is 1. The van der Waals surface area contributed by atoms with Gasteiger partial charge in [0.05, 0.1) is 15.6 Å². The molecule has 1 aliphatic rings. The average molecular weight is 315 g/mol. The van der Waals surface area contributed by atoms with E-state index in [-0.39, 0.29) is 33.4 Å². The summed E-state index contributed by atoms with van der Waals surface area (Å²) in [4.78, 5) is 34.6. The van der Waals surface area contributed by atoms with Crippen LogP contribution in [-0.4, -0.2) is 27.7 Å². The highest BCUT2D eigenvalue weighted by atomic mass is 35.5. The molecule has 1 fully saturated rings. The fourth-order valence-electron chi connectivity index (χ4n) is 2.05. The van der Waals surface area contributed by atoms with Gasteiger partial charge in [-0.25, -0.2) is 0 Å². The number of carbonyl (C=O) groups is 2. The van der Waals surface area contributed by atoms with Gasteiger partial charge in [-0.3, -0.25) is 19.7 Å². The second-order valence-electron chi connectivity index (χ2n) is 4.33. The van der Waals surface area contributed by atoms with Gasteiger partial charge in [-0.2, -0.15) is 0 Å². The molecule has 1 saturated heterocycles. The van der Waals surface area contributed by atoms with Crippen LogP contribution >= 0.6 is 23.4 Å². The summed E-state index contributed by atoms with van der Waals surface area (Å²) in [6, 6.07) is 3.98. The van der Waals surface area contributed by atoms with Crippen molar-refractivity contribution in [3.63, 3.8) is 0 Å². The molecule has 0 aromatic heterocycles. The van der Waals surface area contributed by atoms with Crippen LogP contribution in [0.2, 0.25) is 5.02 Å². The third-order valence-corrected chi connectivity index (χ3v) is 4.14. The maximum Gasteiger partial charge on any atom is 0.271 e. The third kappa shape index (κ3) is 3.10. The summed E-state index contributed by atoms with van der Waals surface area (Å²) >= 11 is 7.13. The third-order valence-electron chi connectivity index (χ3n) is 2.86. The van der Waals surface area contributed by atoms with E-state index >= 15 is 0 Å². The van der Waals surface area contributed by atoms with Crippen LogP contribution in [0.3, 0.4) is 0 Å². The zero-order valence-electron chi connectivity index (χ0n) is 10.5. The van der Waals surface area contributed by atoms with Crippen LogP contribution in [-0.2, 0) is 9.59 Å². The average Bonchev–Trinajstić information content (AvgIpc) is 2.68. The van der Waals surface area contributed by atoms with Crippen molar-refractivity contribution < 1.29 is 14.5 Å². The van der Waals surface area contributed by atoms with Gasteiger partial charge in [0, 0.05) is 37.3 Å². The van der Waals surface area contributed by atoms with E-state index < -0.39 is 4.92 Å². The molecule has 1 atom stereocenters. The zero-order chi connectivity index (χ0) is 14.9. The van der Waals surface area contributed by atoms with Crippen molar-refractivity contribution in [3.8, 4) is 0 Å². The van der Waals surface area contributed by atoms with E-state index in [4.69, 9.17) is 11.6 Å². The minimum atomic E-state index is -0.546. The zero-order valence-corrected chi connectivity index (χ0v) is 12.1. The Balaban J connectivity index is 2.22. The molecule has 1 amide bonds. The van der Waals surface area contributed by atoms with E-state index in [1.54, 1.807) is 0 Å². The van der Waals surface area contributed by atoms with Gasteiger partial charge in [0.25, 0.3) is 5.69 Å². The highest BCUT2D eigenvalue weighted by Crippen LogP contribution is 2.34. The van der Waals surface area contributed by atoms with Crippen molar-refractivity contribution in [1.29, 1.82) is 0 Å². The van der Waals surface area contributed by atoms with E-state index in [1.807, 2.05) is 0 Å². The summed E-state index contributed by atoms with van der Waals surface area (Å²) in [7, 11) is 0. The van der Waals surface area contributed by atoms with Gasteiger partial charge in [-0.15, -0.1) is 0 Å². The summed E-state index contributed by atoms with van der Waals surface area (Å²) in [6.45, 7) is 1.83. The van der Waals surface area contributed by atoms with Crippen LogP contribution in [0.25, 0.3) is 0 Å². The molecular formula is C12H11ClN2O4S. The van der Waals surface area contributed by atoms with E-state index in [0.717, 1.165) is 11.8 Å². The van der Waals surface area contributed by atoms with Crippen molar-refractivity contribution in [2.75, 3.05) is 11.4 Å². The number of carbonyl (C=O) groups excluding carboxylic acids is 2. The number of nitrogens with zero attached hydrogens (tertiary/aromatic N) is 2. The summed E-state index contributed by atoms with van der Waals surface area (Å²) in [5.74, 6) is -0.139. The van der Waals surface area contributed by atoms with Crippen molar-refractivity contribution in [3.05, 3.63) is 33.3 Å². The monoisotopic (exact) mass is 314 g/mol. The van der Waals surface area contributed by atoms with Gasteiger partial charge in [0.15, 0.2) is 5.12 Å². The number of rotatable bonds is 3. The Kier molecular flexibility index (Phi) is 4.29. The molecule has 20 heavy (non-hydrogen) atoms. The first kappa shape index (κ1) is 14.8. The van der Waals surface area contributed by atoms with Gasteiger partial charge in [0.1, 0.15) is 0 Å². The molecule has 106 valence electrons. The standard InChI is InChI=1S/C12H11ClN2O4S/c1-7(16)20-9-5-12(17)14(6-9)11-3-2-8(15(18)19)4-10(11)13/h2-4,9H,5-6H2,1H3. The largest absolute Gasteiger partial charge is 0.310 e. The van der Waals surface area contributed by atoms with Crippen LogP contribution < -0.4 is 4.90 Å². The van der Waals surface area contributed by atoms with Crippen LogP contribution in [0, 0.1) is 10.1 Å². The molecule has 1 aromatic rings. The Morgan fingerprint density at radius 3 is 2.80 bits per heavy atom. The van der Waals surface area contributed by atoms with E-state index in [9.17, 15) is 19.7 Å². The van der Waals surface area contributed by atoms with Crippen LogP contribution in [0.1, 0.15) is 13.3 Å². The molecule has 1 aliphatic heterocycles. The second-order valence-corrected chi connectivity index (χ2v) is 6.22. The molecule has 0 aliphatic carbocycles. The fourth-order valence-corrected chi connectivity index (χ4v) is 3.25. The predicted octanol–water partition coefficient (Wildman–Crippen LogP) is 2.63. The van der Waals surface area contributed by atoms with E-state index in [1.165, 1.54) is 30.0 Å². The molecule has 1 heterocycles. The first-order valence-electron chi connectivity index (χ1n) is 5.80.